The summed E-state index contributed by atoms with van der Waals surface area (Å²) in [6, 6.07) is -0.381. The molecule has 1 unspecified atom stereocenters. The van der Waals surface area contributed by atoms with Crippen LogP contribution in [-0.4, -0.2) is 31.1 Å². The normalized spacial score (nSPS) is 19.4. The molecule has 0 spiro atoms. The molecule has 3 amide bonds. The van der Waals surface area contributed by atoms with Crippen molar-refractivity contribution in [1.82, 2.24) is 16.0 Å². The number of urea groups is 1. The second kappa shape index (κ2) is 8.08. The van der Waals surface area contributed by atoms with Gasteiger partial charge in [0, 0.05) is 13.1 Å². The Morgan fingerprint density at radius 2 is 1.61 bits per heavy atom. The molecule has 1 aliphatic rings. The first-order chi connectivity index (χ1) is 8.63. The lowest BCUT2D eigenvalue weighted by Gasteiger charge is -2.24. The van der Waals surface area contributed by atoms with E-state index >= 15 is 0 Å². The van der Waals surface area contributed by atoms with Gasteiger partial charge in [0.1, 0.15) is 0 Å². The molecule has 0 saturated heterocycles. The van der Waals surface area contributed by atoms with Crippen molar-refractivity contribution < 1.29 is 9.59 Å². The molecule has 0 aliphatic heterocycles. The minimum Gasteiger partial charge on any atom is -0.341 e. The van der Waals surface area contributed by atoms with Gasteiger partial charge in [-0.15, -0.1) is 0 Å². The van der Waals surface area contributed by atoms with Crippen molar-refractivity contribution in [3.8, 4) is 0 Å². The first kappa shape index (κ1) is 15.0. The summed E-state index contributed by atoms with van der Waals surface area (Å²) in [4.78, 5) is 22.8. The molecule has 0 radical (unpaired) electrons. The number of hydrogen-bond donors (Lipinski definition) is 3. The molecular formula is C13H25N3O2. The molecule has 1 aliphatic carbocycles. The van der Waals surface area contributed by atoms with Crippen LogP contribution in [0.15, 0.2) is 0 Å². The third kappa shape index (κ3) is 5.49. The number of rotatable bonds is 3. The molecule has 0 aromatic carbocycles. The first-order valence-corrected chi connectivity index (χ1v) is 6.92. The predicted octanol–water partition coefficient (Wildman–Crippen LogP) is 1.53. The Labute approximate surface area is 109 Å². The molecule has 0 aromatic rings. The Bertz CT molecular complexity index is 273. The van der Waals surface area contributed by atoms with E-state index in [9.17, 15) is 9.59 Å². The molecule has 3 N–H and O–H groups in total. The third-order valence-electron chi connectivity index (χ3n) is 3.45. The van der Waals surface area contributed by atoms with Gasteiger partial charge in [0.15, 0.2) is 0 Å². The van der Waals surface area contributed by atoms with Crippen LogP contribution in [0.25, 0.3) is 0 Å². The summed E-state index contributed by atoms with van der Waals surface area (Å²) < 4.78 is 0. The number of amides is 3. The van der Waals surface area contributed by atoms with Crippen molar-refractivity contribution in [2.45, 2.75) is 64.0 Å². The van der Waals surface area contributed by atoms with E-state index in [0.717, 1.165) is 12.8 Å². The van der Waals surface area contributed by atoms with E-state index in [-0.39, 0.29) is 11.9 Å². The molecule has 1 rings (SSSR count). The third-order valence-corrected chi connectivity index (χ3v) is 3.45. The Hall–Kier alpha value is -1.10. The zero-order chi connectivity index (χ0) is 13.4. The SMILES string of the molecule is CNC(=O)NC(=O)C(C)NC1CCCCCCC1. The molecule has 5 nitrogen and oxygen atoms in total. The number of carbonyl (C=O) groups excluding carboxylic acids is 2. The molecule has 1 saturated carbocycles. The fraction of sp³-hybridized carbons (Fsp3) is 0.846. The minimum atomic E-state index is -0.452. The maximum Gasteiger partial charge on any atom is 0.321 e. The average Bonchev–Trinajstić information content (AvgIpc) is 2.31. The molecule has 0 heterocycles. The summed E-state index contributed by atoms with van der Waals surface area (Å²) in [7, 11) is 1.50. The lowest BCUT2D eigenvalue weighted by atomic mass is 9.96. The van der Waals surface area contributed by atoms with Crippen LogP contribution in [0.5, 0.6) is 0 Å². The summed E-state index contributed by atoms with van der Waals surface area (Å²) in [5.74, 6) is -0.267. The van der Waals surface area contributed by atoms with E-state index in [4.69, 9.17) is 0 Å². The fourth-order valence-electron chi connectivity index (χ4n) is 2.33. The van der Waals surface area contributed by atoms with Gasteiger partial charge in [-0.3, -0.25) is 10.1 Å². The van der Waals surface area contributed by atoms with Crippen molar-refractivity contribution in [1.29, 1.82) is 0 Å². The topological polar surface area (TPSA) is 70.2 Å². The first-order valence-electron chi connectivity index (χ1n) is 6.92. The Morgan fingerprint density at radius 1 is 1.06 bits per heavy atom. The number of carbonyl (C=O) groups is 2. The van der Waals surface area contributed by atoms with Crippen molar-refractivity contribution in [3.63, 3.8) is 0 Å². The highest BCUT2D eigenvalue weighted by Gasteiger charge is 2.19. The van der Waals surface area contributed by atoms with E-state index in [1.54, 1.807) is 6.92 Å². The van der Waals surface area contributed by atoms with Crippen LogP contribution < -0.4 is 16.0 Å². The van der Waals surface area contributed by atoms with Crippen LogP contribution in [0.3, 0.4) is 0 Å². The van der Waals surface area contributed by atoms with Crippen molar-refractivity contribution in [3.05, 3.63) is 0 Å². The monoisotopic (exact) mass is 255 g/mol. The van der Waals surface area contributed by atoms with Gasteiger partial charge in [-0.25, -0.2) is 4.79 Å². The van der Waals surface area contributed by atoms with Crippen molar-refractivity contribution in [2.24, 2.45) is 0 Å². The predicted molar refractivity (Wildman–Crippen MR) is 71.3 cm³/mol. The van der Waals surface area contributed by atoms with Gasteiger partial charge < -0.3 is 10.6 Å². The molecule has 0 aromatic heterocycles. The summed E-state index contributed by atoms with van der Waals surface area (Å²) in [6.45, 7) is 1.80. The zero-order valence-electron chi connectivity index (χ0n) is 11.4. The molecule has 1 atom stereocenters. The molecule has 104 valence electrons. The molecule has 5 heteroatoms. The molecule has 1 fully saturated rings. The smallest absolute Gasteiger partial charge is 0.321 e. The fourth-order valence-corrected chi connectivity index (χ4v) is 2.33. The average molecular weight is 255 g/mol. The number of nitrogens with one attached hydrogen (secondary N) is 3. The van der Waals surface area contributed by atoms with Gasteiger partial charge in [-0.2, -0.15) is 0 Å². The van der Waals surface area contributed by atoms with Gasteiger partial charge in [-0.1, -0.05) is 32.1 Å². The second-order valence-electron chi connectivity index (χ2n) is 5.00. The van der Waals surface area contributed by atoms with E-state index in [1.165, 1.54) is 39.2 Å². The van der Waals surface area contributed by atoms with Crippen LogP contribution in [-0.2, 0) is 4.79 Å². The molecular weight excluding hydrogens is 230 g/mol. The van der Waals surface area contributed by atoms with Crippen LogP contribution >= 0.6 is 0 Å². The van der Waals surface area contributed by atoms with Crippen LogP contribution in [0.1, 0.15) is 51.9 Å². The highest BCUT2D eigenvalue weighted by molar-refractivity contribution is 5.96. The number of hydrogen-bond acceptors (Lipinski definition) is 3. The lowest BCUT2D eigenvalue weighted by Crippen LogP contribution is -2.50. The van der Waals surface area contributed by atoms with E-state index in [2.05, 4.69) is 16.0 Å². The molecule has 18 heavy (non-hydrogen) atoms. The van der Waals surface area contributed by atoms with E-state index in [1.807, 2.05) is 0 Å². The Balaban J connectivity index is 2.34. The minimum absolute atomic E-state index is 0.267. The van der Waals surface area contributed by atoms with Gasteiger partial charge in [0.05, 0.1) is 6.04 Å². The van der Waals surface area contributed by atoms with Gasteiger partial charge >= 0.3 is 6.03 Å². The highest BCUT2D eigenvalue weighted by Crippen LogP contribution is 2.17. The summed E-state index contributed by atoms with van der Waals surface area (Å²) >= 11 is 0. The standard InChI is InChI=1S/C13H25N3O2/c1-10(12(17)16-13(18)14-2)15-11-8-6-4-3-5-7-9-11/h10-11,15H,3-9H2,1-2H3,(H2,14,16,17,18). The van der Waals surface area contributed by atoms with Crippen LogP contribution in [0.2, 0.25) is 0 Å². The lowest BCUT2D eigenvalue weighted by molar-refractivity contribution is -0.121. The van der Waals surface area contributed by atoms with Gasteiger partial charge in [0.2, 0.25) is 5.91 Å². The largest absolute Gasteiger partial charge is 0.341 e. The van der Waals surface area contributed by atoms with Crippen molar-refractivity contribution >= 4 is 11.9 Å². The van der Waals surface area contributed by atoms with Gasteiger partial charge in [0.25, 0.3) is 0 Å². The van der Waals surface area contributed by atoms with Crippen LogP contribution in [0, 0.1) is 0 Å². The summed E-state index contributed by atoms with van der Waals surface area (Å²) in [5.41, 5.74) is 0. The summed E-state index contributed by atoms with van der Waals surface area (Å²) in [6.07, 6.45) is 8.60. The quantitative estimate of drug-likeness (QED) is 0.716. The second-order valence-corrected chi connectivity index (χ2v) is 5.00. The van der Waals surface area contributed by atoms with Gasteiger partial charge in [-0.05, 0) is 19.8 Å². The highest BCUT2D eigenvalue weighted by atomic mass is 16.2. The Morgan fingerprint density at radius 3 is 2.17 bits per heavy atom. The maximum absolute atomic E-state index is 11.7. The maximum atomic E-state index is 11.7. The van der Waals surface area contributed by atoms with Crippen molar-refractivity contribution in [2.75, 3.05) is 7.05 Å². The number of imide groups is 1. The van der Waals surface area contributed by atoms with Crippen LogP contribution in [0.4, 0.5) is 4.79 Å². The summed E-state index contributed by atoms with van der Waals surface area (Å²) in [5, 5.41) is 7.99. The Kier molecular flexibility index (Phi) is 6.72. The molecule has 0 bridgehead atoms. The van der Waals surface area contributed by atoms with E-state index in [0.29, 0.717) is 6.04 Å². The zero-order valence-corrected chi connectivity index (χ0v) is 11.4. The van der Waals surface area contributed by atoms with E-state index < -0.39 is 6.03 Å².